The molecule has 0 spiro atoms. The van der Waals surface area contributed by atoms with E-state index in [0.717, 1.165) is 56.7 Å². The summed E-state index contributed by atoms with van der Waals surface area (Å²) in [5.74, 6) is 2.40. The predicted octanol–water partition coefficient (Wildman–Crippen LogP) is 1.65. The molecule has 7 heteroatoms. The SMILES string of the molecule is CCN1CCN(C(C)CNC(=NC)NCC(C)Oc2cccc(OC)c2)CC1. The van der Waals surface area contributed by atoms with Gasteiger partial charge in [0.15, 0.2) is 5.96 Å². The highest BCUT2D eigenvalue weighted by atomic mass is 16.5. The maximum Gasteiger partial charge on any atom is 0.191 e. The van der Waals surface area contributed by atoms with Gasteiger partial charge in [0.1, 0.15) is 17.6 Å². The minimum absolute atomic E-state index is 0.00482. The average Bonchev–Trinajstić information content (AvgIpc) is 2.73. The Bertz CT molecular complexity index is 602. The van der Waals surface area contributed by atoms with Gasteiger partial charge in [0.2, 0.25) is 0 Å². The molecule has 0 aromatic heterocycles. The lowest BCUT2D eigenvalue weighted by molar-refractivity contribution is 0.107. The summed E-state index contributed by atoms with van der Waals surface area (Å²) >= 11 is 0. The lowest BCUT2D eigenvalue weighted by atomic mass is 10.2. The topological polar surface area (TPSA) is 61.4 Å². The zero-order chi connectivity index (χ0) is 20.4. The summed E-state index contributed by atoms with van der Waals surface area (Å²) in [5.41, 5.74) is 0. The fourth-order valence-corrected chi connectivity index (χ4v) is 3.30. The molecule has 1 saturated heterocycles. The molecule has 0 saturated carbocycles. The Labute approximate surface area is 170 Å². The highest BCUT2D eigenvalue weighted by Crippen LogP contribution is 2.19. The summed E-state index contributed by atoms with van der Waals surface area (Å²) in [5, 5.41) is 6.79. The van der Waals surface area contributed by atoms with Gasteiger partial charge in [-0.05, 0) is 32.5 Å². The monoisotopic (exact) mass is 391 g/mol. The van der Waals surface area contributed by atoms with E-state index in [9.17, 15) is 0 Å². The van der Waals surface area contributed by atoms with Gasteiger partial charge in [-0.3, -0.25) is 9.89 Å². The Morgan fingerprint density at radius 2 is 1.79 bits per heavy atom. The summed E-state index contributed by atoms with van der Waals surface area (Å²) in [7, 11) is 3.46. The molecule has 7 nitrogen and oxygen atoms in total. The molecule has 158 valence electrons. The highest BCUT2D eigenvalue weighted by molar-refractivity contribution is 5.79. The minimum atomic E-state index is 0.00482. The van der Waals surface area contributed by atoms with Crippen LogP contribution in [-0.2, 0) is 0 Å². The van der Waals surface area contributed by atoms with Gasteiger partial charge in [0, 0.05) is 51.9 Å². The van der Waals surface area contributed by atoms with Crippen molar-refractivity contribution in [2.45, 2.75) is 32.9 Å². The van der Waals surface area contributed by atoms with E-state index in [1.165, 1.54) is 0 Å². The molecule has 2 rings (SSSR count). The van der Waals surface area contributed by atoms with Crippen molar-refractivity contribution < 1.29 is 9.47 Å². The van der Waals surface area contributed by atoms with E-state index in [1.807, 2.05) is 31.2 Å². The number of ether oxygens (including phenoxy) is 2. The van der Waals surface area contributed by atoms with Crippen molar-refractivity contribution in [3.05, 3.63) is 24.3 Å². The fraction of sp³-hybridized carbons (Fsp3) is 0.667. The van der Waals surface area contributed by atoms with E-state index in [0.29, 0.717) is 12.6 Å². The van der Waals surface area contributed by atoms with Crippen LogP contribution in [0.3, 0.4) is 0 Å². The van der Waals surface area contributed by atoms with Gasteiger partial charge in [-0.25, -0.2) is 0 Å². The Kier molecular flexibility index (Phi) is 9.37. The summed E-state index contributed by atoms with van der Waals surface area (Å²) in [4.78, 5) is 9.37. The van der Waals surface area contributed by atoms with Crippen molar-refractivity contribution in [2.75, 3.05) is 60.0 Å². The third kappa shape index (κ3) is 7.20. The molecular weight excluding hydrogens is 354 g/mol. The van der Waals surface area contributed by atoms with Gasteiger partial charge >= 0.3 is 0 Å². The Morgan fingerprint density at radius 3 is 2.43 bits per heavy atom. The van der Waals surface area contributed by atoms with Crippen LogP contribution in [0.25, 0.3) is 0 Å². The summed E-state index contributed by atoms with van der Waals surface area (Å²) in [6.07, 6.45) is 0.00482. The number of hydrogen-bond acceptors (Lipinski definition) is 5. The number of benzene rings is 1. The molecule has 2 unspecified atom stereocenters. The third-order valence-corrected chi connectivity index (χ3v) is 5.20. The molecule has 1 aliphatic heterocycles. The quantitative estimate of drug-likeness (QED) is 0.493. The molecule has 1 heterocycles. The molecular formula is C21H37N5O2. The summed E-state index contributed by atoms with van der Waals surface area (Å²) < 4.78 is 11.2. The van der Waals surface area contributed by atoms with Gasteiger partial charge in [-0.1, -0.05) is 13.0 Å². The molecule has 1 aromatic carbocycles. The van der Waals surface area contributed by atoms with E-state index in [1.54, 1.807) is 14.2 Å². The first-order valence-corrected chi connectivity index (χ1v) is 10.3. The van der Waals surface area contributed by atoms with E-state index in [2.05, 4.69) is 39.3 Å². The first kappa shape index (κ1) is 22.3. The van der Waals surface area contributed by atoms with Gasteiger partial charge < -0.3 is 25.0 Å². The number of hydrogen-bond donors (Lipinski definition) is 2. The number of nitrogens with one attached hydrogen (secondary N) is 2. The lowest BCUT2D eigenvalue weighted by Gasteiger charge is -2.37. The largest absolute Gasteiger partial charge is 0.497 e. The molecule has 2 atom stereocenters. The molecule has 0 bridgehead atoms. The van der Waals surface area contributed by atoms with Crippen LogP contribution in [-0.4, -0.2) is 87.9 Å². The number of rotatable bonds is 9. The van der Waals surface area contributed by atoms with Gasteiger partial charge in [-0.15, -0.1) is 0 Å². The third-order valence-electron chi connectivity index (χ3n) is 5.20. The first-order chi connectivity index (χ1) is 13.5. The van der Waals surface area contributed by atoms with Gasteiger partial charge in [0.05, 0.1) is 13.7 Å². The van der Waals surface area contributed by atoms with Crippen LogP contribution in [0.15, 0.2) is 29.3 Å². The first-order valence-electron chi connectivity index (χ1n) is 10.3. The second-order valence-corrected chi connectivity index (χ2v) is 7.26. The van der Waals surface area contributed by atoms with Crippen LogP contribution >= 0.6 is 0 Å². The molecule has 0 aliphatic carbocycles. The number of nitrogens with zero attached hydrogens (tertiary/aromatic N) is 3. The second-order valence-electron chi connectivity index (χ2n) is 7.26. The number of aliphatic imine (C=N–C) groups is 1. The Hall–Kier alpha value is -1.99. The number of guanidine groups is 1. The molecule has 1 aliphatic rings. The molecule has 1 fully saturated rings. The summed E-state index contributed by atoms with van der Waals surface area (Å²) in [6, 6.07) is 8.14. The maximum absolute atomic E-state index is 5.96. The van der Waals surface area contributed by atoms with E-state index < -0.39 is 0 Å². The van der Waals surface area contributed by atoms with Crippen molar-refractivity contribution in [3.8, 4) is 11.5 Å². The number of methoxy groups -OCH3 is 1. The zero-order valence-corrected chi connectivity index (χ0v) is 18.1. The van der Waals surface area contributed by atoms with Crippen LogP contribution in [0.4, 0.5) is 0 Å². The van der Waals surface area contributed by atoms with Crippen molar-refractivity contribution in [2.24, 2.45) is 4.99 Å². The number of likely N-dealkylation sites (N-methyl/N-ethyl adjacent to an activating group) is 1. The van der Waals surface area contributed by atoms with Crippen molar-refractivity contribution in [1.82, 2.24) is 20.4 Å². The lowest BCUT2D eigenvalue weighted by Crippen LogP contribution is -2.53. The van der Waals surface area contributed by atoms with Crippen LogP contribution in [0.1, 0.15) is 20.8 Å². The molecule has 0 amide bonds. The molecule has 28 heavy (non-hydrogen) atoms. The smallest absolute Gasteiger partial charge is 0.191 e. The molecule has 0 radical (unpaired) electrons. The minimum Gasteiger partial charge on any atom is -0.497 e. The van der Waals surface area contributed by atoms with Gasteiger partial charge in [0.25, 0.3) is 0 Å². The fourth-order valence-electron chi connectivity index (χ4n) is 3.30. The van der Waals surface area contributed by atoms with Crippen LogP contribution in [0.5, 0.6) is 11.5 Å². The van der Waals surface area contributed by atoms with Gasteiger partial charge in [-0.2, -0.15) is 0 Å². The van der Waals surface area contributed by atoms with Crippen molar-refractivity contribution >= 4 is 5.96 Å². The maximum atomic E-state index is 5.96. The van der Waals surface area contributed by atoms with Crippen molar-refractivity contribution in [1.29, 1.82) is 0 Å². The van der Waals surface area contributed by atoms with Crippen LogP contribution < -0.4 is 20.1 Å². The highest BCUT2D eigenvalue weighted by Gasteiger charge is 2.20. The Balaban J connectivity index is 1.70. The second kappa shape index (κ2) is 11.8. The normalized spacial score (nSPS) is 18.4. The van der Waals surface area contributed by atoms with Crippen LogP contribution in [0.2, 0.25) is 0 Å². The van der Waals surface area contributed by atoms with Crippen LogP contribution in [0, 0.1) is 0 Å². The van der Waals surface area contributed by atoms with E-state index in [-0.39, 0.29) is 6.10 Å². The average molecular weight is 392 g/mol. The predicted molar refractivity (Wildman–Crippen MR) is 116 cm³/mol. The van der Waals surface area contributed by atoms with E-state index in [4.69, 9.17) is 9.47 Å². The standard InChI is InChI=1S/C21H37N5O2/c1-6-25-10-12-26(13-11-25)17(2)15-23-21(22-4)24-16-18(3)28-20-9-7-8-19(14-20)27-5/h7-9,14,17-18H,6,10-13,15-16H2,1-5H3,(H2,22,23,24). The Morgan fingerprint density at radius 1 is 1.11 bits per heavy atom. The number of piperazine rings is 1. The van der Waals surface area contributed by atoms with Crippen molar-refractivity contribution in [3.63, 3.8) is 0 Å². The van der Waals surface area contributed by atoms with E-state index >= 15 is 0 Å². The summed E-state index contributed by atoms with van der Waals surface area (Å²) in [6.45, 7) is 13.8. The zero-order valence-electron chi connectivity index (χ0n) is 18.1. The molecule has 2 N–H and O–H groups in total. The molecule has 1 aromatic rings.